The van der Waals surface area contributed by atoms with E-state index in [1.165, 1.54) is 29.2 Å². The maximum atomic E-state index is 14.7. The van der Waals surface area contributed by atoms with Crippen LogP contribution in [0.4, 0.5) is 10.1 Å². The van der Waals surface area contributed by atoms with Gasteiger partial charge in [-0.1, -0.05) is 84.6 Å². The molecule has 0 unspecified atom stereocenters. The molecule has 1 aliphatic rings. The van der Waals surface area contributed by atoms with Gasteiger partial charge in [-0.05, 0) is 48.2 Å². The second kappa shape index (κ2) is 13.7. The fraction of sp³-hybridized carbons (Fsp3) is 0.333. The summed E-state index contributed by atoms with van der Waals surface area (Å²) >= 11 is 12.6. The lowest BCUT2D eigenvalue weighted by molar-refractivity contribution is -0.140. The Hall–Kier alpha value is -3.14. The highest BCUT2D eigenvalue weighted by atomic mass is 35.5. The number of nitrogens with zero attached hydrogens (tertiary/aromatic N) is 2. The van der Waals surface area contributed by atoms with Crippen molar-refractivity contribution in [1.82, 2.24) is 10.2 Å². The molecule has 3 aromatic carbocycles. The summed E-state index contributed by atoms with van der Waals surface area (Å²) in [7, 11) is -4.08. The number of hydrogen-bond acceptors (Lipinski definition) is 4. The van der Waals surface area contributed by atoms with Gasteiger partial charge in [0.1, 0.15) is 18.4 Å². The van der Waals surface area contributed by atoms with E-state index in [4.69, 9.17) is 23.2 Å². The lowest BCUT2D eigenvalue weighted by Crippen LogP contribution is -2.54. The number of rotatable bonds is 11. The highest BCUT2D eigenvalue weighted by Crippen LogP contribution is 2.26. The number of amides is 2. The minimum Gasteiger partial charge on any atom is -0.352 e. The number of halogens is 3. The summed E-state index contributed by atoms with van der Waals surface area (Å²) in [6.45, 7) is -0.813. The Kier molecular flexibility index (Phi) is 10.3. The van der Waals surface area contributed by atoms with Crippen LogP contribution in [0.3, 0.4) is 0 Å². The monoisotopic (exact) mass is 619 g/mol. The molecule has 4 rings (SSSR count). The molecule has 1 N–H and O–H groups in total. The molecule has 0 saturated heterocycles. The lowest BCUT2D eigenvalue weighted by atomic mass is 10.0. The lowest BCUT2D eigenvalue weighted by Gasteiger charge is -2.34. The molecule has 0 aromatic heterocycles. The first-order valence-corrected chi connectivity index (χ1v) is 15.9. The van der Waals surface area contributed by atoms with E-state index in [2.05, 4.69) is 5.32 Å². The van der Waals surface area contributed by atoms with Gasteiger partial charge >= 0.3 is 0 Å². The maximum absolute atomic E-state index is 14.7. The van der Waals surface area contributed by atoms with Crippen LogP contribution in [0.5, 0.6) is 0 Å². The summed E-state index contributed by atoms with van der Waals surface area (Å²) in [4.78, 5) is 29.2. The average Bonchev–Trinajstić information content (AvgIpc) is 3.43. The molecule has 11 heteroatoms. The van der Waals surface area contributed by atoms with Gasteiger partial charge in [0.2, 0.25) is 21.8 Å². The molecule has 0 bridgehead atoms. The van der Waals surface area contributed by atoms with Crippen molar-refractivity contribution in [1.29, 1.82) is 0 Å². The predicted octanol–water partition coefficient (Wildman–Crippen LogP) is 5.60. The molecule has 0 radical (unpaired) electrons. The zero-order valence-corrected chi connectivity index (χ0v) is 24.9. The number of sulfonamides is 1. The predicted molar refractivity (Wildman–Crippen MR) is 160 cm³/mol. The highest BCUT2D eigenvalue weighted by molar-refractivity contribution is 7.92. The molecule has 2 amide bonds. The first-order valence-electron chi connectivity index (χ1n) is 13.3. The maximum Gasteiger partial charge on any atom is 0.244 e. The van der Waals surface area contributed by atoms with E-state index < -0.39 is 34.3 Å². The fourth-order valence-electron chi connectivity index (χ4n) is 5.00. The average molecular weight is 621 g/mol. The third-order valence-corrected chi connectivity index (χ3v) is 8.84. The Balaban J connectivity index is 1.75. The van der Waals surface area contributed by atoms with Crippen molar-refractivity contribution in [3.05, 3.63) is 99.8 Å². The van der Waals surface area contributed by atoms with E-state index in [0.29, 0.717) is 15.6 Å². The SMILES string of the molecule is CS(=O)(=O)N(CC(=O)N(Cc1ccc(Cl)cc1Cl)[C@@H](Cc1ccccc1)C(=O)NC1CCCC1)c1ccccc1F. The van der Waals surface area contributed by atoms with E-state index in [1.807, 2.05) is 30.3 Å². The number of benzene rings is 3. The largest absolute Gasteiger partial charge is 0.352 e. The normalized spacial score (nSPS) is 14.4. The Morgan fingerprint density at radius 2 is 1.66 bits per heavy atom. The summed E-state index contributed by atoms with van der Waals surface area (Å²) in [5.41, 5.74) is 1.07. The van der Waals surface area contributed by atoms with Gasteiger partial charge in [0, 0.05) is 29.1 Å². The molecule has 0 spiro atoms. The number of nitrogens with one attached hydrogen (secondary N) is 1. The van der Waals surface area contributed by atoms with E-state index in [1.54, 1.807) is 12.1 Å². The Morgan fingerprint density at radius 3 is 2.29 bits per heavy atom. The molecule has 218 valence electrons. The summed E-state index contributed by atoms with van der Waals surface area (Å²) < 4.78 is 41.0. The molecule has 0 aliphatic heterocycles. The summed E-state index contributed by atoms with van der Waals surface area (Å²) in [6, 6.07) is 18.4. The summed E-state index contributed by atoms with van der Waals surface area (Å²) in [5, 5.41) is 3.78. The molecule has 0 heterocycles. The molecule has 1 aliphatic carbocycles. The Labute approximate surface area is 250 Å². The van der Waals surface area contributed by atoms with Gasteiger partial charge in [0.05, 0.1) is 11.9 Å². The van der Waals surface area contributed by atoms with Crippen LogP contribution >= 0.6 is 23.2 Å². The van der Waals surface area contributed by atoms with Crippen LogP contribution in [-0.4, -0.2) is 50.0 Å². The highest BCUT2D eigenvalue weighted by Gasteiger charge is 2.35. The molecule has 1 atom stereocenters. The van der Waals surface area contributed by atoms with Crippen LogP contribution in [0.15, 0.2) is 72.8 Å². The third-order valence-electron chi connectivity index (χ3n) is 7.13. The van der Waals surface area contributed by atoms with Crippen LogP contribution in [0, 0.1) is 5.82 Å². The minimum atomic E-state index is -4.08. The second-order valence-electron chi connectivity index (χ2n) is 10.2. The molecule has 1 fully saturated rings. The minimum absolute atomic E-state index is 0.0113. The van der Waals surface area contributed by atoms with Crippen molar-refractivity contribution < 1.29 is 22.4 Å². The van der Waals surface area contributed by atoms with Gasteiger partial charge in [0.25, 0.3) is 0 Å². The molecule has 1 saturated carbocycles. The summed E-state index contributed by atoms with van der Waals surface area (Å²) in [5.74, 6) is -1.83. The topological polar surface area (TPSA) is 86.8 Å². The molecule has 3 aromatic rings. The quantitative estimate of drug-likeness (QED) is 0.303. The first-order chi connectivity index (χ1) is 19.5. The van der Waals surface area contributed by atoms with Gasteiger partial charge in [-0.2, -0.15) is 0 Å². The van der Waals surface area contributed by atoms with Crippen LogP contribution in [0.25, 0.3) is 0 Å². The van der Waals surface area contributed by atoms with Gasteiger partial charge in [-0.3, -0.25) is 13.9 Å². The van der Waals surface area contributed by atoms with Crippen LogP contribution < -0.4 is 9.62 Å². The second-order valence-corrected chi connectivity index (χ2v) is 12.9. The zero-order chi connectivity index (χ0) is 29.6. The van der Waals surface area contributed by atoms with E-state index in [0.717, 1.165) is 47.9 Å². The zero-order valence-electron chi connectivity index (χ0n) is 22.6. The van der Waals surface area contributed by atoms with Gasteiger partial charge in [0.15, 0.2) is 0 Å². The molecule has 41 heavy (non-hydrogen) atoms. The number of anilines is 1. The number of carbonyl (C=O) groups is 2. The van der Waals surface area contributed by atoms with E-state index in [9.17, 15) is 22.4 Å². The Bertz CT molecular complexity index is 1480. The number of carbonyl (C=O) groups excluding carboxylic acids is 2. The molecule has 7 nitrogen and oxygen atoms in total. The Morgan fingerprint density at radius 1 is 1.00 bits per heavy atom. The van der Waals surface area contributed by atoms with Crippen LogP contribution in [0.2, 0.25) is 10.0 Å². The van der Waals surface area contributed by atoms with Gasteiger partial charge < -0.3 is 10.2 Å². The summed E-state index contributed by atoms with van der Waals surface area (Å²) in [6.07, 6.45) is 4.77. The van der Waals surface area contributed by atoms with E-state index in [-0.39, 0.29) is 30.6 Å². The number of hydrogen-bond donors (Lipinski definition) is 1. The standard InChI is InChI=1S/C30H32Cl2FN3O4S/c1-41(39,40)36(27-14-8-7-13-26(27)33)20-29(37)35(19-22-15-16-23(31)18-25(22)32)28(17-21-9-3-2-4-10-21)30(38)34-24-11-5-6-12-24/h2-4,7-10,13-16,18,24,28H,5-6,11-12,17,19-20H2,1H3,(H,34,38)/t28-/m0/s1. The van der Waals surface area contributed by atoms with Crippen molar-refractivity contribution in [2.45, 2.75) is 50.7 Å². The number of para-hydroxylation sites is 1. The van der Waals surface area contributed by atoms with Crippen LogP contribution in [0.1, 0.15) is 36.8 Å². The van der Waals surface area contributed by atoms with Gasteiger partial charge in [-0.15, -0.1) is 0 Å². The van der Waals surface area contributed by atoms with E-state index >= 15 is 0 Å². The van der Waals surface area contributed by atoms with Gasteiger partial charge in [-0.25, -0.2) is 12.8 Å². The molecular formula is C30H32Cl2FN3O4S. The third kappa shape index (κ3) is 8.21. The fourth-order valence-corrected chi connectivity index (χ4v) is 6.32. The van der Waals surface area contributed by atoms with Crippen molar-refractivity contribution >= 4 is 50.7 Å². The van der Waals surface area contributed by atoms with Crippen molar-refractivity contribution in [3.63, 3.8) is 0 Å². The van der Waals surface area contributed by atoms with Crippen molar-refractivity contribution in [3.8, 4) is 0 Å². The molecular weight excluding hydrogens is 588 g/mol. The van der Waals surface area contributed by atoms with Crippen molar-refractivity contribution in [2.75, 3.05) is 17.1 Å². The van der Waals surface area contributed by atoms with Crippen molar-refractivity contribution in [2.24, 2.45) is 0 Å². The first kappa shape index (κ1) is 30.8. The van der Waals surface area contributed by atoms with Crippen LogP contribution in [-0.2, 0) is 32.6 Å². The smallest absolute Gasteiger partial charge is 0.244 e.